The molecule has 0 bridgehead atoms. The van der Waals surface area contributed by atoms with Crippen LogP contribution in [0.1, 0.15) is 16.7 Å². The van der Waals surface area contributed by atoms with E-state index in [1.54, 1.807) is 6.08 Å². The van der Waals surface area contributed by atoms with Gasteiger partial charge in [0.1, 0.15) is 5.75 Å². The Labute approximate surface area is 89.6 Å². The highest BCUT2D eigenvalue weighted by Crippen LogP contribution is 2.23. The summed E-state index contributed by atoms with van der Waals surface area (Å²) in [5.41, 5.74) is 2.51. The topological polar surface area (TPSA) is 37.3 Å². The molecule has 0 saturated carbocycles. The van der Waals surface area contributed by atoms with E-state index in [1.165, 1.54) is 12.2 Å². The van der Waals surface area contributed by atoms with Crippen LogP contribution < -0.4 is 0 Å². The van der Waals surface area contributed by atoms with E-state index in [9.17, 15) is 9.90 Å². The minimum atomic E-state index is -0.126. The maximum absolute atomic E-state index is 11.0. The van der Waals surface area contributed by atoms with Gasteiger partial charge in [0, 0.05) is 0 Å². The van der Waals surface area contributed by atoms with E-state index in [2.05, 4.69) is 6.58 Å². The molecule has 0 heterocycles. The number of benzene rings is 1. The zero-order valence-electron chi connectivity index (χ0n) is 8.95. The number of aryl methyl sites for hydroxylation is 2. The van der Waals surface area contributed by atoms with Crippen LogP contribution in [-0.2, 0) is 4.79 Å². The monoisotopic (exact) mass is 202 g/mol. The molecule has 0 spiro atoms. The quantitative estimate of drug-likeness (QED) is 0.765. The summed E-state index contributed by atoms with van der Waals surface area (Å²) >= 11 is 0. The number of aromatic hydroxyl groups is 1. The van der Waals surface area contributed by atoms with Gasteiger partial charge in [0.25, 0.3) is 0 Å². The van der Waals surface area contributed by atoms with Gasteiger partial charge < -0.3 is 5.11 Å². The van der Waals surface area contributed by atoms with Crippen molar-refractivity contribution >= 4 is 11.9 Å². The Hall–Kier alpha value is -1.83. The molecule has 78 valence electrons. The second kappa shape index (κ2) is 4.60. The molecule has 1 N–H and O–H groups in total. The molecule has 2 heteroatoms. The molecule has 0 radical (unpaired) electrons. The van der Waals surface area contributed by atoms with Crippen molar-refractivity contribution in [3.05, 3.63) is 47.6 Å². The molecule has 0 aromatic heterocycles. The summed E-state index contributed by atoms with van der Waals surface area (Å²) in [7, 11) is 0. The molecular weight excluding hydrogens is 188 g/mol. The highest BCUT2D eigenvalue weighted by atomic mass is 16.3. The number of phenolic OH excluding ortho intramolecular Hbond substituents is 1. The van der Waals surface area contributed by atoms with Crippen molar-refractivity contribution in [3.63, 3.8) is 0 Å². The molecule has 1 aromatic carbocycles. The normalized spacial score (nSPS) is 10.5. The molecule has 0 fully saturated rings. The summed E-state index contributed by atoms with van der Waals surface area (Å²) in [6.07, 6.45) is 4.43. The lowest BCUT2D eigenvalue weighted by molar-refractivity contribution is -0.110. The van der Waals surface area contributed by atoms with Gasteiger partial charge in [-0.25, -0.2) is 0 Å². The highest BCUT2D eigenvalue weighted by molar-refractivity contribution is 6.01. The van der Waals surface area contributed by atoms with Crippen molar-refractivity contribution in [3.8, 4) is 5.75 Å². The van der Waals surface area contributed by atoms with Crippen LogP contribution in [0, 0.1) is 13.8 Å². The van der Waals surface area contributed by atoms with Crippen LogP contribution in [0.4, 0.5) is 0 Å². The fraction of sp³-hybridized carbons (Fsp3) is 0.154. The van der Waals surface area contributed by atoms with E-state index in [1.807, 2.05) is 26.0 Å². The van der Waals surface area contributed by atoms with Crippen molar-refractivity contribution < 1.29 is 9.90 Å². The van der Waals surface area contributed by atoms with E-state index in [0.717, 1.165) is 16.7 Å². The number of allylic oxidation sites excluding steroid dienone is 2. The van der Waals surface area contributed by atoms with Crippen molar-refractivity contribution in [2.24, 2.45) is 0 Å². The van der Waals surface area contributed by atoms with Crippen LogP contribution in [0.2, 0.25) is 0 Å². The average Bonchev–Trinajstić information content (AvgIpc) is 2.22. The number of hydrogen-bond donors (Lipinski definition) is 1. The first-order valence-corrected chi connectivity index (χ1v) is 4.69. The molecule has 0 amide bonds. The van der Waals surface area contributed by atoms with Crippen LogP contribution in [-0.4, -0.2) is 10.9 Å². The number of carbonyl (C=O) groups is 1. The van der Waals surface area contributed by atoms with Gasteiger partial charge in [0.05, 0.1) is 0 Å². The van der Waals surface area contributed by atoms with Gasteiger partial charge in [-0.1, -0.05) is 12.7 Å². The Morgan fingerprint density at radius 3 is 2.33 bits per heavy atom. The highest BCUT2D eigenvalue weighted by Gasteiger charge is 2.01. The third kappa shape index (κ3) is 2.81. The van der Waals surface area contributed by atoms with Gasteiger partial charge in [-0.3, -0.25) is 4.79 Å². The van der Waals surface area contributed by atoms with Crippen molar-refractivity contribution in [1.82, 2.24) is 0 Å². The van der Waals surface area contributed by atoms with Crippen LogP contribution >= 0.6 is 0 Å². The largest absolute Gasteiger partial charge is 0.507 e. The lowest BCUT2D eigenvalue weighted by Crippen LogP contribution is -1.85. The first kappa shape index (κ1) is 11.2. The molecule has 1 aromatic rings. The molecule has 0 aliphatic heterocycles. The smallest absolute Gasteiger partial charge is 0.178 e. The van der Waals surface area contributed by atoms with Crippen LogP contribution in [0.25, 0.3) is 6.08 Å². The zero-order valence-corrected chi connectivity index (χ0v) is 8.95. The summed E-state index contributed by atoms with van der Waals surface area (Å²) in [5.74, 6) is 0.181. The van der Waals surface area contributed by atoms with Crippen LogP contribution in [0.3, 0.4) is 0 Å². The van der Waals surface area contributed by atoms with E-state index in [4.69, 9.17) is 0 Å². The minimum absolute atomic E-state index is 0.126. The van der Waals surface area contributed by atoms with Crippen molar-refractivity contribution in [1.29, 1.82) is 0 Å². The van der Waals surface area contributed by atoms with Crippen LogP contribution in [0.5, 0.6) is 5.75 Å². The zero-order chi connectivity index (χ0) is 11.4. The molecule has 1 rings (SSSR count). The maximum Gasteiger partial charge on any atom is 0.178 e. The fourth-order valence-electron chi connectivity index (χ4n) is 1.33. The van der Waals surface area contributed by atoms with Crippen LogP contribution in [0.15, 0.2) is 30.9 Å². The van der Waals surface area contributed by atoms with Crippen molar-refractivity contribution in [2.75, 3.05) is 0 Å². The second-order valence-electron chi connectivity index (χ2n) is 3.44. The van der Waals surface area contributed by atoms with E-state index < -0.39 is 0 Å². The molecule has 0 aliphatic rings. The number of carbonyl (C=O) groups excluding carboxylic acids is 1. The molecule has 15 heavy (non-hydrogen) atoms. The number of rotatable bonds is 3. The Morgan fingerprint density at radius 2 is 1.87 bits per heavy atom. The number of hydrogen-bond acceptors (Lipinski definition) is 2. The molecule has 0 saturated heterocycles. The summed E-state index contributed by atoms with van der Waals surface area (Å²) < 4.78 is 0. The third-order valence-corrected chi connectivity index (χ3v) is 2.15. The third-order valence-electron chi connectivity index (χ3n) is 2.15. The van der Waals surface area contributed by atoms with E-state index in [0.29, 0.717) is 5.75 Å². The summed E-state index contributed by atoms with van der Waals surface area (Å²) in [6.45, 7) is 7.04. The predicted octanol–water partition coefficient (Wildman–Crippen LogP) is 2.78. The summed E-state index contributed by atoms with van der Waals surface area (Å²) in [5, 5.41) is 9.55. The Bertz CT molecular complexity index is 405. The van der Waals surface area contributed by atoms with E-state index >= 15 is 0 Å². The first-order valence-electron chi connectivity index (χ1n) is 4.69. The molecule has 2 nitrogen and oxygen atoms in total. The van der Waals surface area contributed by atoms with Gasteiger partial charge in [0.15, 0.2) is 5.78 Å². The fourth-order valence-corrected chi connectivity index (χ4v) is 1.33. The molecule has 0 unspecified atom stereocenters. The van der Waals surface area contributed by atoms with Gasteiger partial charge in [-0.15, -0.1) is 0 Å². The summed E-state index contributed by atoms with van der Waals surface area (Å²) in [6, 6.07) is 3.66. The average molecular weight is 202 g/mol. The Morgan fingerprint density at radius 1 is 1.33 bits per heavy atom. The lowest BCUT2D eigenvalue weighted by Gasteiger charge is -2.04. The minimum Gasteiger partial charge on any atom is -0.507 e. The first-order chi connectivity index (χ1) is 7.04. The SMILES string of the molecule is C=CC(=O)C=Cc1cc(C)c(O)c(C)c1. The molecule has 0 atom stereocenters. The van der Waals surface area contributed by atoms with Gasteiger partial charge in [-0.2, -0.15) is 0 Å². The van der Waals surface area contributed by atoms with Gasteiger partial charge >= 0.3 is 0 Å². The number of ketones is 1. The Balaban J connectivity index is 3.02. The number of phenols is 1. The molecular formula is C13H14O2. The van der Waals surface area contributed by atoms with Gasteiger partial charge in [0.2, 0.25) is 0 Å². The van der Waals surface area contributed by atoms with Gasteiger partial charge in [-0.05, 0) is 54.8 Å². The Kier molecular flexibility index (Phi) is 3.45. The predicted molar refractivity (Wildman–Crippen MR) is 61.8 cm³/mol. The standard InChI is InChI=1S/C13H14O2/c1-4-12(14)6-5-11-7-9(2)13(15)10(3)8-11/h4-8,15H,1H2,2-3H3. The lowest BCUT2D eigenvalue weighted by atomic mass is 10.1. The molecule has 0 aliphatic carbocycles. The second-order valence-corrected chi connectivity index (χ2v) is 3.44. The summed E-state index contributed by atoms with van der Waals surface area (Å²) in [4.78, 5) is 11.0. The van der Waals surface area contributed by atoms with E-state index in [-0.39, 0.29) is 5.78 Å². The maximum atomic E-state index is 11.0. The van der Waals surface area contributed by atoms with Crippen molar-refractivity contribution in [2.45, 2.75) is 13.8 Å².